The molecule has 0 N–H and O–H groups in total. The Kier molecular flexibility index (Phi) is 5.37. The Hall–Kier alpha value is -3.98. The Labute approximate surface area is 278 Å². The summed E-state index contributed by atoms with van der Waals surface area (Å²) in [5, 5.41) is 4.05. The van der Waals surface area contributed by atoms with E-state index < -0.39 is 8.07 Å². The fraction of sp³-hybridized carbons (Fsp3) is 0.158. The Bertz CT molecular complexity index is 2360. The smallest absolute Gasteiger partial charge is 0.458 e. The Morgan fingerprint density at radius 3 is 2.13 bits per heavy atom. The van der Waals surface area contributed by atoms with Gasteiger partial charge in [0.1, 0.15) is 28.2 Å². The van der Waals surface area contributed by atoms with Crippen LogP contribution in [0.2, 0.25) is 26.2 Å². The number of hydrogen-bond donors (Lipinski definition) is 0. The van der Waals surface area contributed by atoms with Crippen molar-refractivity contribution in [2.45, 2.75) is 40.0 Å². The first-order valence-electron chi connectivity index (χ1n) is 16.2. The standard InChI is InChI=1S/C38H31B2NO2SSi2/c1-20-14-28-34-31(16-20)42-30-19-23(46(4,5)6)11-12-25(30)39(34)26-8-7-9-27-36(26)41(28)29-15-21(2)17-32-35(29)40(27)38-37(43-32)24-18-22(45-3)10-13-33(24)44-38/h7-19H,1-6H3/q+1. The summed E-state index contributed by atoms with van der Waals surface area (Å²) in [5.41, 5.74) is 12.7. The van der Waals surface area contributed by atoms with Crippen LogP contribution in [0, 0.1) is 13.8 Å². The van der Waals surface area contributed by atoms with Crippen molar-refractivity contribution < 1.29 is 9.47 Å². The van der Waals surface area contributed by atoms with Crippen LogP contribution in [0.25, 0.3) is 10.1 Å². The van der Waals surface area contributed by atoms with E-state index in [1.165, 1.54) is 80.7 Å². The minimum atomic E-state index is -1.52. The maximum atomic E-state index is 6.95. The van der Waals surface area contributed by atoms with E-state index in [-0.39, 0.29) is 13.4 Å². The molecule has 4 aliphatic heterocycles. The van der Waals surface area contributed by atoms with Crippen molar-refractivity contribution in [3.63, 3.8) is 0 Å². The van der Waals surface area contributed by atoms with Crippen LogP contribution in [-0.4, -0.2) is 31.0 Å². The molecule has 4 aliphatic rings. The van der Waals surface area contributed by atoms with Crippen molar-refractivity contribution in [3.8, 4) is 23.0 Å². The van der Waals surface area contributed by atoms with Crippen molar-refractivity contribution in [3.05, 3.63) is 90.0 Å². The third-order valence-corrected chi connectivity index (χ3v) is 14.5. The van der Waals surface area contributed by atoms with Crippen LogP contribution in [0.4, 0.5) is 17.1 Å². The first kappa shape index (κ1) is 27.2. The second-order valence-electron chi connectivity index (χ2n) is 14.3. The number of nitrogens with zero attached hydrogens (tertiary/aromatic N) is 1. The van der Waals surface area contributed by atoms with Gasteiger partial charge in [0.2, 0.25) is 0 Å². The molecule has 0 fully saturated rings. The zero-order chi connectivity index (χ0) is 31.2. The molecule has 1 aromatic heterocycles. The number of thiophene rings is 1. The predicted molar refractivity (Wildman–Crippen MR) is 203 cm³/mol. The van der Waals surface area contributed by atoms with Gasteiger partial charge in [0.05, 0.1) is 14.6 Å². The summed E-state index contributed by atoms with van der Waals surface area (Å²) in [6.45, 7) is 14.1. The molecule has 5 heterocycles. The third kappa shape index (κ3) is 3.50. The molecule has 46 heavy (non-hydrogen) atoms. The predicted octanol–water partition coefficient (Wildman–Crippen LogP) is 4.78. The van der Waals surface area contributed by atoms with Gasteiger partial charge in [-0.25, -0.2) is 0 Å². The summed E-state index contributed by atoms with van der Waals surface area (Å²) in [6, 6.07) is 30.3. The molecule has 5 aromatic carbocycles. The van der Waals surface area contributed by atoms with Crippen LogP contribution >= 0.6 is 11.3 Å². The highest BCUT2D eigenvalue weighted by Crippen LogP contribution is 2.46. The number of ether oxygens (including phenoxy) is 2. The average Bonchev–Trinajstić information content (AvgIpc) is 3.39. The Morgan fingerprint density at radius 2 is 1.41 bits per heavy atom. The number of anilines is 3. The van der Waals surface area contributed by atoms with Gasteiger partial charge in [0.25, 0.3) is 13.4 Å². The minimum Gasteiger partial charge on any atom is -0.458 e. The second kappa shape index (κ2) is 9.09. The Morgan fingerprint density at radius 1 is 0.717 bits per heavy atom. The van der Waals surface area contributed by atoms with Crippen LogP contribution in [-0.2, 0) is 0 Å². The quantitative estimate of drug-likeness (QED) is 0.254. The summed E-state index contributed by atoms with van der Waals surface area (Å²) in [6.07, 6.45) is 0. The van der Waals surface area contributed by atoms with Gasteiger partial charge >= 0.3 is 9.52 Å². The highest BCUT2D eigenvalue weighted by atomic mass is 32.1. The lowest BCUT2D eigenvalue weighted by Crippen LogP contribution is -2.66. The fourth-order valence-corrected chi connectivity index (χ4v) is 11.2. The molecule has 6 aromatic rings. The van der Waals surface area contributed by atoms with Gasteiger partial charge in [-0.1, -0.05) is 55.2 Å². The fourth-order valence-electron chi connectivity index (χ4n) is 8.29. The number of fused-ring (bicyclic) bond motifs is 10. The molecule has 0 aliphatic carbocycles. The lowest BCUT2D eigenvalue weighted by molar-refractivity contribution is 0.487. The van der Waals surface area contributed by atoms with E-state index in [1.54, 1.807) is 0 Å². The lowest BCUT2D eigenvalue weighted by atomic mass is 9.30. The lowest BCUT2D eigenvalue weighted by Gasteiger charge is -2.46. The normalized spacial score (nSPS) is 14.5. The highest BCUT2D eigenvalue weighted by Gasteiger charge is 2.50. The SMILES string of the molecule is C[Si+]c1ccc2sc3c(c2c1)Oc1cc(C)cc2c1B3c1cccc3c1N2c1cc(C)cc2c1B3c1ccc([Si](C)(C)C)cc1O2. The van der Waals surface area contributed by atoms with Crippen LogP contribution in [0.3, 0.4) is 0 Å². The molecule has 0 atom stereocenters. The van der Waals surface area contributed by atoms with E-state index in [9.17, 15) is 0 Å². The van der Waals surface area contributed by atoms with Crippen molar-refractivity contribution in [2.75, 3.05) is 4.90 Å². The molecule has 0 amide bonds. The van der Waals surface area contributed by atoms with Gasteiger partial charge in [-0.15, -0.1) is 11.3 Å². The molecule has 10 rings (SSSR count). The van der Waals surface area contributed by atoms with Crippen LogP contribution in [0.15, 0.2) is 78.9 Å². The van der Waals surface area contributed by atoms with E-state index >= 15 is 0 Å². The molecular weight excluding hydrogens is 612 g/mol. The van der Waals surface area contributed by atoms with Gasteiger partial charge in [0.15, 0.2) is 0 Å². The minimum absolute atomic E-state index is 0.108. The second-order valence-corrected chi connectivity index (χ2v) is 21.6. The monoisotopic (exact) mass is 643 g/mol. The summed E-state index contributed by atoms with van der Waals surface area (Å²) in [5.74, 6) is 4.02. The third-order valence-electron chi connectivity index (χ3n) is 10.4. The van der Waals surface area contributed by atoms with E-state index in [1.807, 2.05) is 11.3 Å². The summed E-state index contributed by atoms with van der Waals surface area (Å²) < 4.78 is 16.4. The summed E-state index contributed by atoms with van der Waals surface area (Å²) in [7, 11) is -0.768. The van der Waals surface area contributed by atoms with Crippen LogP contribution < -0.4 is 56.8 Å². The molecule has 0 spiro atoms. The maximum Gasteiger partial charge on any atom is 0.520 e. The first-order valence-corrected chi connectivity index (χ1v) is 22.0. The van der Waals surface area contributed by atoms with Crippen molar-refractivity contribution in [1.29, 1.82) is 0 Å². The molecule has 0 saturated heterocycles. The number of benzene rings is 5. The summed E-state index contributed by atoms with van der Waals surface area (Å²) in [4.78, 5) is 2.54. The number of para-hydroxylation sites is 1. The largest absolute Gasteiger partial charge is 0.520 e. The van der Waals surface area contributed by atoms with Crippen molar-refractivity contribution >= 4 is 112 Å². The van der Waals surface area contributed by atoms with Gasteiger partial charge in [0, 0.05) is 31.9 Å². The van der Waals surface area contributed by atoms with Gasteiger partial charge in [-0.2, -0.15) is 0 Å². The highest BCUT2D eigenvalue weighted by molar-refractivity contribution is 7.33. The molecule has 0 unspecified atom stereocenters. The molecule has 1 radical (unpaired) electrons. The van der Waals surface area contributed by atoms with E-state index in [0.717, 1.165) is 32.5 Å². The Balaban J connectivity index is 1.29. The van der Waals surface area contributed by atoms with E-state index in [2.05, 4.69) is 124 Å². The summed E-state index contributed by atoms with van der Waals surface area (Å²) >= 11 is 1.90. The zero-order valence-corrected chi connectivity index (χ0v) is 29.6. The molecule has 3 nitrogen and oxygen atoms in total. The van der Waals surface area contributed by atoms with Gasteiger partial charge in [-0.3, -0.25) is 0 Å². The van der Waals surface area contributed by atoms with Gasteiger partial charge < -0.3 is 14.4 Å². The molecular formula is C38H31B2NO2SSi2+. The number of aryl methyl sites for hydroxylation is 2. The topological polar surface area (TPSA) is 21.7 Å². The van der Waals surface area contributed by atoms with Crippen LogP contribution in [0.1, 0.15) is 11.1 Å². The van der Waals surface area contributed by atoms with E-state index in [4.69, 9.17) is 9.47 Å². The molecule has 8 heteroatoms. The van der Waals surface area contributed by atoms with Crippen LogP contribution in [0.5, 0.6) is 23.0 Å². The first-order chi connectivity index (χ1) is 22.2. The number of hydrogen-bond acceptors (Lipinski definition) is 4. The molecule has 219 valence electrons. The van der Waals surface area contributed by atoms with Crippen molar-refractivity contribution in [2.24, 2.45) is 0 Å². The molecule has 0 saturated carbocycles. The van der Waals surface area contributed by atoms with E-state index in [0.29, 0.717) is 0 Å². The maximum absolute atomic E-state index is 6.95. The zero-order valence-electron chi connectivity index (χ0n) is 26.8. The van der Waals surface area contributed by atoms with Gasteiger partial charge in [-0.05, 0) is 101 Å². The van der Waals surface area contributed by atoms with Crippen molar-refractivity contribution in [1.82, 2.24) is 0 Å². The molecule has 0 bridgehead atoms. The number of rotatable bonds is 2. The average molecular weight is 644 g/mol.